The Morgan fingerprint density at radius 2 is 1.85 bits per heavy atom. The van der Waals surface area contributed by atoms with E-state index in [4.69, 9.17) is 9.15 Å². The second kappa shape index (κ2) is 11.1. The molecule has 176 valence electrons. The van der Waals surface area contributed by atoms with Gasteiger partial charge in [-0.25, -0.2) is 0 Å². The molecule has 0 bridgehead atoms. The molecular weight excluding hydrogens is 448 g/mol. The third-order valence-electron chi connectivity index (χ3n) is 5.49. The molecule has 1 unspecified atom stereocenters. The van der Waals surface area contributed by atoms with Crippen LogP contribution in [0.15, 0.2) is 76.5 Å². The molecule has 1 amide bonds. The van der Waals surface area contributed by atoms with Crippen LogP contribution in [0.5, 0.6) is 5.75 Å². The molecule has 2 heterocycles. The van der Waals surface area contributed by atoms with Gasteiger partial charge in [-0.05, 0) is 73.4 Å². The summed E-state index contributed by atoms with van der Waals surface area (Å²) in [4.78, 5) is 12.6. The lowest BCUT2D eigenvalue weighted by molar-refractivity contribution is -0.113. The lowest BCUT2D eigenvalue weighted by Crippen LogP contribution is -2.14. The zero-order valence-electron chi connectivity index (χ0n) is 19.5. The summed E-state index contributed by atoms with van der Waals surface area (Å²) in [6, 6.07) is 19.3. The molecule has 2 aromatic carbocycles. The Morgan fingerprint density at radius 3 is 2.50 bits per heavy atom. The Kier molecular flexibility index (Phi) is 7.69. The highest BCUT2D eigenvalue weighted by atomic mass is 32.2. The van der Waals surface area contributed by atoms with Crippen LogP contribution in [0, 0.1) is 0 Å². The lowest BCUT2D eigenvalue weighted by Gasteiger charge is -2.11. The zero-order valence-corrected chi connectivity index (χ0v) is 20.3. The number of rotatable bonds is 10. The Hall–Kier alpha value is -3.52. The van der Waals surface area contributed by atoms with Crippen LogP contribution in [0.2, 0.25) is 0 Å². The van der Waals surface area contributed by atoms with Crippen molar-refractivity contribution < 1.29 is 13.9 Å². The number of nitrogens with zero attached hydrogens (tertiary/aromatic N) is 3. The van der Waals surface area contributed by atoms with Crippen LogP contribution in [-0.2, 0) is 4.79 Å². The molecule has 0 radical (unpaired) electrons. The molecule has 0 saturated carbocycles. The minimum Gasteiger partial charge on any atom is -0.494 e. The molecule has 4 rings (SSSR count). The van der Waals surface area contributed by atoms with E-state index in [0.717, 1.165) is 23.5 Å². The van der Waals surface area contributed by atoms with Crippen molar-refractivity contribution in [3.63, 3.8) is 0 Å². The normalized spacial score (nSPS) is 11.9. The van der Waals surface area contributed by atoms with Gasteiger partial charge in [0, 0.05) is 5.69 Å². The first-order valence-electron chi connectivity index (χ1n) is 11.3. The van der Waals surface area contributed by atoms with Crippen LogP contribution in [0.1, 0.15) is 38.7 Å². The molecule has 0 aliphatic carbocycles. The first kappa shape index (κ1) is 23.6. The Balaban J connectivity index is 1.50. The Labute approximate surface area is 203 Å². The third-order valence-corrected chi connectivity index (χ3v) is 6.42. The first-order valence-corrected chi connectivity index (χ1v) is 12.3. The highest BCUT2D eigenvalue weighted by molar-refractivity contribution is 7.99. The van der Waals surface area contributed by atoms with Crippen molar-refractivity contribution in [3.05, 3.63) is 72.5 Å². The minimum absolute atomic E-state index is 0.109. The van der Waals surface area contributed by atoms with E-state index in [1.165, 1.54) is 17.3 Å². The summed E-state index contributed by atoms with van der Waals surface area (Å²) >= 11 is 1.32. The molecule has 2 aromatic heterocycles. The van der Waals surface area contributed by atoms with Gasteiger partial charge in [-0.2, -0.15) is 0 Å². The zero-order chi connectivity index (χ0) is 23.9. The van der Waals surface area contributed by atoms with Gasteiger partial charge in [-0.15, -0.1) is 10.2 Å². The van der Waals surface area contributed by atoms with Crippen LogP contribution < -0.4 is 10.1 Å². The fraction of sp³-hybridized carbons (Fsp3) is 0.269. The number of thioether (sulfide) groups is 1. The topological polar surface area (TPSA) is 82.2 Å². The van der Waals surface area contributed by atoms with Gasteiger partial charge in [0.2, 0.25) is 11.7 Å². The SMILES string of the molecule is CCOc1ccc(-n2c(SCC(=O)Nc3ccc(C(C)CC)cc3)nnc2-c2ccco2)cc1. The molecular formula is C26H28N4O3S. The number of ether oxygens (including phenoxy) is 1. The molecule has 7 nitrogen and oxygen atoms in total. The van der Waals surface area contributed by atoms with Crippen molar-refractivity contribution in [2.24, 2.45) is 0 Å². The van der Waals surface area contributed by atoms with E-state index >= 15 is 0 Å². The molecule has 0 saturated heterocycles. The standard InChI is InChI=1S/C26H28N4O3S/c1-4-18(3)19-8-10-20(11-9-19)27-24(31)17-34-26-29-28-25(23-7-6-16-33-23)30(26)21-12-14-22(15-13-21)32-5-2/h6-16,18H,4-5,17H2,1-3H3,(H,27,31). The van der Waals surface area contributed by atoms with Crippen LogP contribution in [-0.4, -0.2) is 33.0 Å². The highest BCUT2D eigenvalue weighted by Crippen LogP contribution is 2.29. The van der Waals surface area contributed by atoms with Crippen molar-refractivity contribution in [3.8, 4) is 23.0 Å². The number of nitrogens with one attached hydrogen (secondary N) is 1. The maximum absolute atomic E-state index is 12.6. The molecule has 0 aliphatic heterocycles. The Morgan fingerprint density at radius 1 is 1.09 bits per heavy atom. The van der Waals surface area contributed by atoms with Crippen LogP contribution in [0.3, 0.4) is 0 Å². The van der Waals surface area contributed by atoms with Gasteiger partial charge >= 0.3 is 0 Å². The van der Waals surface area contributed by atoms with E-state index in [9.17, 15) is 4.79 Å². The van der Waals surface area contributed by atoms with Crippen molar-refractivity contribution >= 4 is 23.4 Å². The average molecular weight is 477 g/mol. The van der Waals surface area contributed by atoms with Gasteiger partial charge in [-0.1, -0.05) is 37.7 Å². The molecule has 0 spiro atoms. The van der Waals surface area contributed by atoms with Gasteiger partial charge in [0.05, 0.1) is 24.3 Å². The molecule has 8 heteroatoms. The summed E-state index contributed by atoms with van der Waals surface area (Å²) in [5.74, 6) is 2.53. The second-order valence-corrected chi connectivity index (χ2v) is 8.76. The number of benzene rings is 2. The summed E-state index contributed by atoms with van der Waals surface area (Å²) in [7, 11) is 0. The number of carbonyl (C=O) groups excluding carboxylic acids is 1. The monoisotopic (exact) mass is 476 g/mol. The van der Waals surface area contributed by atoms with E-state index in [2.05, 4.69) is 41.5 Å². The van der Waals surface area contributed by atoms with Crippen molar-refractivity contribution in [1.82, 2.24) is 14.8 Å². The summed E-state index contributed by atoms with van der Waals surface area (Å²) in [6.07, 6.45) is 2.68. The van der Waals surface area contributed by atoms with Gasteiger partial charge < -0.3 is 14.5 Å². The molecule has 34 heavy (non-hydrogen) atoms. The largest absolute Gasteiger partial charge is 0.494 e. The van der Waals surface area contributed by atoms with E-state index < -0.39 is 0 Å². The predicted octanol–water partition coefficient (Wildman–Crippen LogP) is 6.17. The van der Waals surface area contributed by atoms with Gasteiger partial charge in [0.25, 0.3) is 0 Å². The minimum atomic E-state index is -0.109. The lowest BCUT2D eigenvalue weighted by atomic mass is 9.99. The smallest absolute Gasteiger partial charge is 0.234 e. The maximum atomic E-state index is 12.6. The first-order chi connectivity index (χ1) is 16.6. The Bertz CT molecular complexity index is 1200. The second-order valence-electron chi connectivity index (χ2n) is 7.81. The summed E-state index contributed by atoms with van der Waals surface area (Å²) < 4.78 is 13.0. The van der Waals surface area contributed by atoms with E-state index in [1.807, 2.05) is 54.0 Å². The van der Waals surface area contributed by atoms with E-state index in [1.54, 1.807) is 12.3 Å². The number of furan rings is 1. The number of carbonyl (C=O) groups is 1. The number of hydrogen-bond donors (Lipinski definition) is 1. The number of anilines is 1. The summed E-state index contributed by atoms with van der Waals surface area (Å²) in [5.41, 5.74) is 2.90. The predicted molar refractivity (Wildman–Crippen MR) is 135 cm³/mol. The van der Waals surface area contributed by atoms with Crippen LogP contribution in [0.4, 0.5) is 5.69 Å². The highest BCUT2D eigenvalue weighted by Gasteiger charge is 2.19. The number of hydrogen-bond acceptors (Lipinski definition) is 6. The molecule has 1 atom stereocenters. The van der Waals surface area contributed by atoms with Gasteiger partial charge in [0.1, 0.15) is 5.75 Å². The average Bonchev–Trinajstić information content (AvgIpc) is 3.53. The van der Waals surface area contributed by atoms with Crippen molar-refractivity contribution in [1.29, 1.82) is 0 Å². The molecule has 4 aromatic rings. The van der Waals surface area contributed by atoms with E-state index in [-0.39, 0.29) is 11.7 Å². The fourth-order valence-electron chi connectivity index (χ4n) is 3.48. The quantitative estimate of drug-likeness (QED) is 0.276. The number of amides is 1. The molecule has 0 fully saturated rings. The maximum Gasteiger partial charge on any atom is 0.234 e. The van der Waals surface area contributed by atoms with Crippen LogP contribution >= 0.6 is 11.8 Å². The van der Waals surface area contributed by atoms with Crippen LogP contribution in [0.25, 0.3) is 17.3 Å². The van der Waals surface area contributed by atoms with Gasteiger partial charge in [0.15, 0.2) is 10.9 Å². The van der Waals surface area contributed by atoms with Crippen molar-refractivity contribution in [2.75, 3.05) is 17.7 Å². The third kappa shape index (κ3) is 5.51. The fourth-order valence-corrected chi connectivity index (χ4v) is 4.23. The number of aromatic nitrogens is 3. The van der Waals surface area contributed by atoms with Gasteiger partial charge in [-0.3, -0.25) is 9.36 Å². The molecule has 0 aliphatic rings. The molecule has 1 N–H and O–H groups in total. The van der Waals surface area contributed by atoms with E-state index in [0.29, 0.717) is 29.3 Å². The summed E-state index contributed by atoms with van der Waals surface area (Å²) in [5, 5.41) is 12.2. The summed E-state index contributed by atoms with van der Waals surface area (Å²) in [6.45, 7) is 6.91. The van der Waals surface area contributed by atoms with Crippen molar-refractivity contribution in [2.45, 2.75) is 38.3 Å².